The smallest absolute Gasteiger partial charge is 0.340 e. The van der Waals surface area contributed by atoms with Crippen LogP contribution in [0.4, 0.5) is 0 Å². The molecule has 0 fully saturated rings. The van der Waals surface area contributed by atoms with Gasteiger partial charge in [-0.25, -0.2) is 18.2 Å². The second-order valence-electron chi connectivity index (χ2n) is 5.66. The van der Waals surface area contributed by atoms with Crippen LogP contribution in [0.3, 0.4) is 0 Å². The van der Waals surface area contributed by atoms with Gasteiger partial charge in [-0.2, -0.15) is 0 Å². The number of aromatic amines is 1. The summed E-state index contributed by atoms with van der Waals surface area (Å²) in [4.78, 5) is 31.0. The van der Waals surface area contributed by atoms with Gasteiger partial charge in [0.25, 0.3) is 5.56 Å². The number of H-pyrrole nitrogens is 1. The van der Waals surface area contributed by atoms with Gasteiger partial charge in [-0.15, -0.1) is 0 Å². The van der Waals surface area contributed by atoms with Gasteiger partial charge in [0.05, 0.1) is 26.4 Å². The number of carbonyl (C=O) groups is 1. The molecule has 0 unspecified atom stereocenters. The first-order valence-electron chi connectivity index (χ1n) is 7.50. The van der Waals surface area contributed by atoms with Crippen LogP contribution in [0, 0.1) is 0 Å². The highest BCUT2D eigenvalue weighted by molar-refractivity contribution is 7.90. The van der Waals surface area contributed by atoms with Gasteiger partial charge >= 0.3 is 5.97 Å². The minimum atomic E-state index is -3.52. The Balaban J connectivity index is 1.86. The van der Waals surface area contributed by atoms with Crippen molar-refractivity contribution in [2.24, 2.45) is 0 Å². The van der Waals surface area contributed by atoms with E-state index in [1.165, 1.54) is 24.3 Å². The number of halogens is 2. The predicted molar refractivity (Wildman–Crippen MR) is 101 cm³/mol. The summed E-state index contributed by atoms with van der Waals surface area (Å²) in [7, 11) is -3.52. The number of fused-ring (bicyclic) bond motifs is 1. The van der Waals surface area contributed by atoms with E-state index in [9.17, 15) is 18.0 Å². The topological polar surface area (TPSA) is 106 Å². The van der Waals surface area contributed by atoms with Crippen molar-refractivity contribution in [2.45, 2.75) is 11.5 Å². The molecular weight excluding hydrogens is 415 g/mol. The van der Waals surface area contributed by atoms with Crippen molar-refractivity contribution in [1.82, 2.24) is 9.97 Å². The van der Waals surface area contributed by atoms with Gasteiger partial charge in [0.2, 0.25) is 0 Å². The Morgan fingerprint density at radius 3 is 2.63 bits per heavy atom. The number of carbonyl (C=O) groups excluding carboxylic acids is 1. The molecular formula is C17H12Cl2N2O5S. The predicted octanol–water partition coefficient (Wildman–Crippen LogP) is 2.99. The quantitative estimate of drug-likeness (QED) is 0.642. The summed E-state index contributed by atoms with van der Waals surface area (Å²) < 4.78 is 28.4. The lowest BCUT2D eigenvalue weighted by molar-refractivity contribution is 0.0462. The summed E-state index contributed by atoms with van der Waals surface area (Å²) in [5.74, 6) is -0.738. The average Bonchev–Trinajstić information content (AvgIpc) is 2.58. The summed E-state index contributed by atoms with van der Waals surface area (Å²) in [6.45, 7) is -0.337. The van der Waals surface area contributed by atoms with Crippen molar-refractivity contribution < 1.29 is 17.9 Å². The van der Waals surface area contributed by atoms with Crippen molar-refractivity contribution in [3.05, 3.63) is 68.2 Å². The van der Waals surface area contributed by atoms with Crippen LogP contribution in [0.15, 0.2) is 46.1 Å². The van der Waals surface area contributed by atoms with Gasteiger partial charge in [0.15, 0.2) is 9.84 Å². The van der Waals surface area contributed by atoms with Gasteiger partial charge in [0.1, 0.15) is 12.4 Å². The molecule has 0 bridgehead atoms. The number of rotatable bonds is 4. The highest BCUT2D eigenvalue weighted by Gasteiger charge is 2.17. The number of aromatic nitrogens is 2. The maximum Gasteiger partial charge on any atom is 0.340 e. The monoisotopic (exact) mass is 426 g/mol. The van der Waals surface area contributed by atoms with E-state index >= 15 is 0 Å². The van der Waals surface area contributed by atoms with E-state index in [1.807, 2.05) is 0 Å². The Labute approximate surface area is 163 Å². The van der Waals surface area contributed by atoms with Crippen molar-refractivity contribution in [1.29, 1.82) is 0 Å². The highest BCUT2D eigenvalue weighted by atomic mass is 35.5. The molecule has 3 rings (SSSR count). The molecule has 0 atom stereocenters. The molecule has 27 heavy (non-hydrogen) atoms. The lowest BCUT2D eigenvalue weighted by atomic mass is 10.2. The Morgan fingerprint density at radius 1 is 1.19 bits per heavy atom. The number of nitrogens with one attached hydrogen (secondary N) is 1. The van der Waals surface area contributed by atoms with E-state index in [4.69, 9.17) is 27.9 Å². The minimum absolute atomic E-state index is 0.0409. The second-order valence-corrected chi connectivity index (χ2v) is 8.52. The minimum Gasteiger partial charge on any atom is -0.454 e. The molecule has 0 aliphatic rings. The van der Waals surface area contributed by atoms with Gasteiger partial charge in [-0.05, 0) is 36.4 Å². The molecule has 140 valence electrons. The molecule has 0 radical (unpaired) electrons. The molecule has 1 aromatic heterocycles. The first-order chi connectivity index (χ1) is 12.6. The molecule has 0 spiro atoms. The molecule has 0 saturated carbocycles. The fraction of sp³-hybridized carbons (Fsp3) is 0.118. The summed E-state index contributed by atoms with van der Waals surface area (Å²) >= 11 is 11.9. The molecule has 0 aliphatic carbocycles. The van der Waals surface area contributed by atoms with Crippen molar-refractivity contribution in [3.8, 4) is 0 Å². The number of esters is 1. The van der Waals surface area contributed by atoms with Crippen LogP contribution in [0.1, 0.15) is 16.2 Å². The average molecular weight is 427 g/mol. The molecule has 1 N–H and O–H groups in total. The summed E-state index contributed by atoms with van der Waals surface area (Å²) in [5.41, 5.74) is -0.153. The maximum atomic E-state index is 12.3. The fourth-order valence-corrected chi connectivity index (χ4v) is 3.34. The molecule has 2 aromatic carbocycles. The summed E-state index contributed by atoms with van der Waals surface area (Å²) in [6.07, 6.45) is 1.01. The third-order valence-corrected chi connectivity index (χ3v) is 5.32. The Hall–Kier alpha value is -2.42. The first kappa shape index (κ1) is 19.3. The molecule has 10 heteroatoms. The Morgan fingerprint density at radius 2 is 1.93 bits per heavy atom. The molecule has 0 aliphatic heterocycles. The first-order valence-corrected chi connectivity index (χ1v) is 10.1. The number of benzene rings is 2. The van der Waals surface area contributed by atoms with E-state index in [0.29, 0.717) is 15.9 Å². The van der Waals surface area contributed by atoms with Crippen LogP contribution < -0.4 is 5.56 Å². The maximum absolute atomic E-state index is 12.3. The van der Waals surface area contributed by atoms with Gasteiger partial charge < -0.3 is 9.72 Å². The number of hydrogen-bond donors (Lipinski definition) is 1. The van der Waals surface area contributed by atoms with E-state index in [2.05, 4.69) is 9.97 Å². The highest BCUT2D eigenvalue weighted by Crippen LogP contribution is 2.22. The number of sulfone groups is 1. The lowest BCUT2D eigenvalue weighted by Crippen LogP contribution is -2.15. The van der Waals surface area contributed by atoms with E-state index in [1.54, 1.807) is 6.07 Å². The lowest BCUT2D eigenvalue weighted by Gasteiger charge is -2.08. The van der Waals surface area contributed by atoms with E-state index < -0.39 is 21.4 Å². The normalized spacial score (nSPS) is 11.5. The van der Waals surface area contributed by atoms with Crippen molar-refractivity contribution in [3.63, 3.8) is 0 Å². The van der Waals surface area contributed by atoms with E-state index in [-0.39, 0.29) is 27.9 Å². The van der Waals surface area contributed by atoms with Crippen LogP contribution in [0.25, 0.3) is 10.9 Å². The number of nitrogens with zero attached hydrogens (tertiary/aromatic N) is 1. The third-order valence-electron chi connectivity index (χ3n) is 3.64. The summed E-state index contributed by atoms with van der Waals surface area (Å²) in [6, 6.07) is 8.35. The van der Waals surface area contributed by atoms with Crippen LogP contribution in [-0.4, -0.2) is 30.6 Å². The van der Waals surface area contributed by atoms with Crippen LogP contribution in [0.2, 0.25) is 10.0 Å². The SMILES string of the molecule is CS(=O)(=O)c1ccc(Cl)c(C(=O)OCc2nc3cc(Cl)ccc3c(=O)[nH]2)c1. The number of ether oxygens (including phenoxy) is 1. The third kappa shape index (κ3) is 4.29. The van der Waals surface area contributed by atoms with Crippen LogP contribution >= 0.6 is 23.2 Å². The van der Waals surface area contributed by atoms with Crippen molar-refractivity contribution >= 4 is 49.9 Å². The Kier molecular flexibility index (Phi) is 5.23. The van der Waals surface area contributed by atoms with Crippen LogP contribution in [-0.2, 0) is 21.2 Å². The largest absolute Gasteiger partial charge is 0.454 e. The zero-order valence-corrected chi connectivity index (χ0v) is 16.2. The Bertz CT molecular complexity index is 1220. The van der Waals surface area contributed by atoms with Gasteiger partial charge in [-0.3, -0.25) is 4.79 Å². The fourth-order valence-electron chi connectivity index (χ4n) is 2.33. The second kappa shape index (κ2) is 7.30. The molecule has 3 aromatic rings. The van der Waals surface area contributed by atoms with E-state index in [0.717, 1.165) is 12.3 Å². The zero-order valence-electron chi connectivity index (χ0n) is 13.8. The van der Waals surface area contributed by atoms with Crippen LogP contribution in [0.5, 0.6) is 0 Å². The van der Waals surface area contributed by atoms with Crippen molar-refractivity contribution in [2.75, 3.05) is 6.26 Å². The molecule has 0 amide bonds. The zero-order chi connectivity index (χ0) is 19.8. The standard InChI is InChI=1S/C17H12Cl2N2O5S/c1-27(24,25)10-3-5-13(19)12(7-10)17(23)26-8-15-20-14-6-9(18)2-4-11(14)16(22)21-15/h2-7H,8H2,1H3,(H,20,21,22). The summed E-state index contributed by atoms with van der Waals surface area (Å²) in [5, 5.41) is 0.797. The van der Waals surface area contributed by atoms with Gasteiger partial charge in [0, 0.05) is 11.3 Å². The molecule has 0 saturated heterocycles. The number of hydrogen-bond acceptors (Lipinski definition) is 6. The molecule has 1 heterocycles. The molecule has 7 nitrogen and oxygen atoms in total. The van der Waals surface area contributed by atoms with Gasteiger partial charge in [-0.1, -0.05) is 23.2 Å².